The fraction of sp³-hybridized carbons (Fsp3) is 0.538. The maximum atomic E-state index is 7.49. The molecule has 0 aliphatic carbocycles. The minimum atomic E-state index is 0.0956. The number of rotatable bonds is 2. The van der Waals surface area contributed by atoms with Crippen molar-refractivity contribution in [3.8, 4) is 0 Å². The molecule has 0 saturated carbocycles. The molecule has 0 bridgehead atoms. The predicted octanol–water partition coefficient (Wildman–Crippen LogP) is 0.896. The Labute approximate surface area is 108 Å². The van der Waals surface area contributed by atoms with Crippen LogP contribution in [0.2, 0.25) is 0 Å². The summed E-state index contributed by atoms with van der Waals surface area (Å²) in [4.78, 5) is 9.07. The zero-order valence-electron chi connectivity index (χ0n) is 11.1. The van der Waals surface area contributed by atoms with Crippen LogP contribution in [0.15, 0.2) is 18.3 Å². The number of likely N-dealkylation sites (N-methyl/N-ethyl adjacent to an activating group) is 1. The van der Waals surface area contributed by atoms with Gasteiger partial charge in [-0.05, 0) is 39.1 Å². The van der Waals surface area contributed by atoms with E-state index < -0.39 is 0 Å². The fourth-order valence-corrected chi connectivity index (χ4v) is 2.46. The summed E-state index contributed by atoms with van der Waals surface area (Å²) in [6, 6.07) is 4.11. The Morgan fingerprint density at radius 3 is 3.00 bits per heavy atom. The van der Waals surface area contributed by atoms with E-state index in [0.29, 0.717) is 6.04 Å². The average molecular weight is 247 g/mol. The zero-order chi connectivity index (χ0) is 13.1. The first-order valence-electron chi connectivity index (χ1n) is 6.33. The molecule has 18 heavy (non-hydrogen) atoms. The Morgan fingerprint density at radius 1 is 1.50 bits per heavy atom. The Hall–Kier alpha value is -1.62. The van der Waals surface area contributed by atoms with Gasteiger partial charge in [0.2, 0.25) is 0 Å². The van der Waals surface area contributed by atoms with Gasteiger partial charge in [-0.25, -0.2) is 4.98 Å². The summed E-state index contributed by atoms with van der Waals surface area (Å²) in [5.41, 5.74) is 6.27. The van der Waals surface area contributed by atoms with Gasteiger partial charge < -0.3 is 15.5 Å². The van der Waals surface area contributed by atoms with Gasteiger partial charge in [-0.3, -0.25) is 5.41 Å². The van der Waals surface area contributed by atoms with E-state index in [9.17, 15) is 0 Å². The third kappa shape index (κ3) is 2.79. The molecular formula is C13H21N5. The van der Waals surface area contributed by atoms with Gasteiger partial charge in [-0.2, -0.15) is 0 Å². The third-order valence-corrected chi connectivity index (χ3v) is 3.40. The van der Waals surface area contributed by atoms with Crippen molar-refractivity contribution >= 4 is 11.7 Å². The highest BCUT2D eigenvalue weighted by molar-refractivity contribution is 5.95. The standard InChI is InChI=1S/C13H21N5/c1-10-9-17(2)6-3-7-18(10)12-8-11(13(14)15)4-5-16-12/h4-5,8,10H,3,6-7,9H2,1-2H3,(H3,14,15). The highest BCUT2D eigenvalue weighted by atomic mass is 15.3. The molecule has 1 aliphatic heterocycles. The van der Waals surface area contributed by atoms with Gasteiger partial charge >= 0.3 is 0 Å². The molecule has 2 heterocycles. The van der Waals surface area contributed by atoms with Gasteiger partial charge in [0.25, 0.3) is 0 Å². The summed E-state index contributed by atoms with van der Waals surface area (Å²) >= 11 is 0. The van der Waals surface area contributed by atoms with Crippen LogP contribution in [0.5, 0.6) is 0 Å². The molecule has 5 nitrogen and oxygen atoms in total. The maximum Gasteiger partial charge on any atom is 0.129 e. The lowest BCUT2D eigenvalue weighted by Crippen LogP contribution is -2.38. The van der Waals surface area contributed by atoms with Crippen molar-refractivity contribution in [3.05, 3.63) is 23.9 Å². The van der Waals surface area contributed by atoms with Crippen LogP contribution in [0, 0.1) is 5.41 Å². The first kappa shape index (κ1) is 12.8. The van der Waals surface area contributed by atoms with E-state index >= 15 is 0 Å². The molecule has 5 heteroatoms. The van der Waals surface area contributed by atoms with E-state index in [1.54, 1.807) is 12.3 Å². The van der Waals surface area contributed by atoms with E-state index in [4.69, 9.17) is 11.1 Å². The molecule has 1 unspecified atom stereocenters. The molecular weight excluding hydrogens is 226 g/mol. The van der Waals surface area contributed by atoms with Crippen molar-refractivity contribution in [2.45, 2.75) is 19.4 Å². The van der Waals surface area contributed by atoms with Crippen LogP contribution in [-0.2, 0) is 0 Å². The molecule has 1 atom stereocenters. The lowest BCUT2D eigenvalue weighted by atomic mass is 10.2. The van der Waals surface area contributed by atoms with Crippen molar-refractivity contribution in [1.29, 1.82) is 5.41 Å². The van der Waals surface area contributed by atoms with Gasteiger partial charge in [0, 0.05) is 30.9 Å². The second-order valence-electron chi connectivity index (χ2n) is 4.97. The summed E-state index contributed by atoms with van der Waals surface area (Å²) in [5.74, 6) is 1.02. The van der Waals surface area contributed by atoms with Crippen LogP contribution in [-0.4, -0.2) is 48.4 Å². The first-order valence-corrected chi connectivity index (χ1v) is 6.33. The van der Waals surface area contributed by atoms with Crippen molar-refractivity contribution < 1.29 is 0 Å². The molecule has 0 spiro atoms. The lowest BCUT2D eigenvalue weighted by molar-refractivity contribution is 0.337. The van der Waals surface area contributed by atoms with Gasteiger partial charge in [0.05, 0.1) is 0 Å². The molecule has 3 N–H and O–H groups in total. The highest BCUT2D eigenvalue weighted by Gasteiger charge is 2.20. The van der Waals surface area contributed by atoms with Crippen LogP contribution in [0.1, 0.15) is 18.9 Å². The Bertz CT molecular complexity index is 431. The SMILES string of the molecule is CC1CN(C)CCCN1c1cc(C(=N)N)ccn1. The molecule has 0 radical (unpaired) electrons. The van der Waals surface area contributed by atoms with Crippen molar-refractivity contribution in [1.82, 2.24) is 9.88 Å². The summed E-state index contributed by atoms with van der Waals surface area (Å²) in [5, 5.41) is 7.49. The number of amidine groups is 1. The number of nitrogens with zero attached hydrogens (tertiary/aromatic N) is 3. The van der Waals surface area contributed by atoms with Crippen LogP contribution in [0.3, 0.4) is 0 Å². The molecule has 98 valence electrons. The summed E-state index contributed by atoms with van der Waals surface area (Å²) in [6.07, 6.45) is 2.86. The number of nitrogens with two attached hydrogens (primary N) is 1. The molecule has 1 aliphatic rings. The van der Waals surface area contributed by atoms with E-state index in [1.165, 1.54) is 0 Å². The summed E-state index contributed by atoms with van der Waals surface area (Å²) in [6.45, 7) is 5.36. The maximum absolute atomic E-state index is 7.49. The second kappa shape index (κ2) is 5.35. The third-order valence-electron chi connectivity index (χ3n) is 3.40. The molecule has 1 aromatic rings. The second-order valence-corrected chi connectivity index (χ2v) is 4.97. The Morgan fingerprint density at radius 2 is 2.28 bits per heavy atom. The number of hydrogen-bond acceptors (Lipinski definition) is 4. The summed E-state index contributed by atoms with van der Waals surface area (Å²) < 4.78 is 0. The van der Waals surface area contributed by atoms with Crippen molar-refractivity contribution in [3.63, 3.8) is 0 Å². The van der Waals surface area contributed by atoms with Crippen molar-refractivity contribution in [2.75, 3.05) is 31.6 Å². The minimum Gasteiger partial charge on any atom is -0.384 e. The number of hydrogen-bond donors (Lipinski definition) is 2. The normalized spacial score (nSPS) is 21.7. The monoisotopic (exact) mass is 247 g/mol. The lowest BCUT2D eigenvalue weighted by Gasteiger charge is -2.29. The largest absolute Gasteiger partial charge is 0.384 e. The molecule has 1 fully saturated rings. The van der Waals surface area contributed by atoms with Crippen molar-refractivity contribution in [2.24, 2.45) is 5.73 Å². The molecule has 0 aromatic carbocycles. The highest BCUT2D eigenvalue weighted by Crippen LogP contribution is 2.18. The van der Waals surface area contributed by atoms with Gasteiger partial charge in [-0.15, -0.1) is 0 Å². The van der Waals surface area contributed by atoms with E-state index in [2.05, 4.69) is 28.8 Å². The quantitative estimate of drug-likeness (QED) is 0.601. The minimum absolute atomic E-state index is 0.0956. The van der Waals surface area contributed by atoms with Gasteiger partial charge in [0.15, 0.2) is 0 Å². The summed E-state index contributed by atoms with van der Waals surface area (Å²) in [7, 11) is 2.15. The Balaban J connectivity index is 2.24. The fourth-order valence-electron chi connectivity index (χ4n) is 2.46. The molecule has 2 rings (SSSR count). The van der Waals surface area contributed by atoms with Crippen LogP contribution in [0.25, 0.3) is 0 Å². The Kier molecular flexibility index (Phi) is 3.81. The molecule has 1 aromatic heterocycles. The number of pyridine rings is 1. The zero-order valence-corrected chi connectivity index (χ0v) is 11.1. The van der Waals surface area contributed by atoms with Gasteiger partial charge in [-0.1, -0.05) is 0 Å². The number of anilines is 1. The average Bonchev–Trinajstić information content (AvgIpc) is 2.50. The van der Waals surface area contributed by atoms with Crippen LogP contribution >= 0.6 is 0 Å². The van der Waals surface area contributed by atoms with E-state index in [1.807, 2.05) is 6.07 Å². The number of nitrogens with one attached hydrogen (secondary N) is 1. The van der Waals surface area contributed by atoms with Crippen LogP contribution < -0.4 is 10.6 Å². The topological polar surface area (TPSA) is 69.2 Å². The predicted molar refractivity (Wildman–Crippen MR) is 74.2 cm³/mol. The molecule has 0 amide bonds. The smallest absolute Gasteiger partial charge is 0.129 e. The first-order chi connectivity index (χ1) is 8.58. The van der Waals surface area contributed by atoms with Crippen LogP contribution in [0.4, 0.5) is 5.82 Å². The number of nitrogen functional groups attached to an aromatic ring is 1. The van der Waals surface area contributed by atoms with E-state index in [-0.39, 0.29) is 5.84 Å². The number of aromatic nitrogens is 1. The van der Waals surface area contributed by atoms with E-state index in [0.717, 1.165) is 37.4 Å². The van der Waals surface area contributed by atoms with Gasteiger partial charge in [0.1, 0.15) is 11.7 Å². The molecule has 1 saturated heterocycles.